The lowest BCUT2D eigenvalue weighted by atomic mass is 10.2. The molecule has 0 radical (unpaired) electrons. The van der Waals surface area contributed by atoms with E-state index in [1.807, 2.05) is 18.3 Å². The summed E-state index contributed by atoms with van der Waals surface area (Å²) < 4.78 is 5.69. The first-order valence-corrected chi connectivity index (χ1v) is 7.89. The van der Waals surface area contributed by atoms with Gasteiger partial charge in [-0.05, 0) is 36.7 Å². The molecule has 2 aromatic rings. The van der Waals surface area contributed by atoms with Gasteiger partial charge in [0.15, 0.2) is 0 Å². The van der Waals surface area contributed by atoms with Crippen LogP contribution in [0, 0.1) is 5.92 Å². The Balaban J connectivity index is 2.00. The minimum atomic E-state index is 0.544. The standard InChI is InChI=1S/C16H22N2OS/c1-4-17-9-15-10-18-16(20-15)13-5-7-14(8-6-13)19-11-12(2)3/h5-8,10,12,17H,4,9,11H2,1-3H3. The zero-order valence-electron chi connectivity index (χ0n) is 12.3. The van der Waals surface area contributed by atoms with Crippen LogP contribution in [0.15, 0.2) is 30.5 Å². The van der Waals surface area contributed by atoms with E-state index in [1.54, 1.807) is 11.3 Å². The van der Waals surface area contributed by atoms with Gasteiger partial charge in [-0.2, -0.15) is 0 Å². The normalized spacial score (nSPS) is 11.0. The Morgan fingerprint density at radius 1 is 1.25 bits per heavy atom. The van der Waals surface area contributed by atoms with Gasteiger partial charge in [0, 0.05) is 23.2 Å². The molecule has 1 aromatic heterocycles. The molecule has 0 atom stereocenters. The van der Waals surface area contributed by atoms with E-state index < -0.39 is 0 Å². The summed E-state index contributed by atoms with van der Waals surface area (Å²) in [6.07, 6.45) is 1.95. The minimum absolute atomic E-state index is 0.544. The Kier molecular flexibility index (Phi) is 5.56. The molecule has 0 saturated heterocycles. The maximum atomic E-state index is 5.69. The van der Waals surface area contributed by atoms with Crippen LogP contribution in [0.3, 0.4) is 0 Å². The molecule has 0 fully saturated rings. The van der Waals surface area contributed by atoms with Crippen molar-refractivity contribution in [2.24, 2.45) is 5.92 Å². The summed E-state index contributed by atoms with van der Waals surface area (Å²) in [6, 6.07) is 8.18. The van der Waals surface area contributed by atoms with Crippen LogP contribution in [0.5, 0.6) is 5.75 Å². The van der Waals surface area contributed by atoms with Crippen molar-refractivity contribution in [3.8, 4) is 16.3 Å². The molecule has 0 spiro atoms. The van der Waals surface area contributed by atoms with Gasteiger partial charge in [-0.3, -0.25) is 0 Å². The van der Waals surface area contributed by atoms with E-state index in [2.05, 4.69) is 43.2 Å². The molecular formula is C16H22N2OS. The van der Waals surface area contributed by atoms with Crippen molar-refractivity contribution >= 4 is 11.3 Å². The molecule has 0 amide bonds. The first kappa shape index (κ1) is 15.0. The summed E-state index contributed by atoms with van der Waals surface area (Å²) in [7, 11) is 0. The number of rotatable bonds is 7. The second kappa shape index (κ2) is 7.41. The number of hydrogen-bond acceptors (Lipinski definition) is 4. The van der Waals surface area contributed by atoms with E-state index in [0.29, 0.717) is 5.92 Å². The summed E-state index contributed by atoms with van der Waals surface area (Å²) in [5.74, 6) is 1.47. The minimum Gasteiger partial charge on any atom is -0.493 e. The van der Waals surface area contributed by atoms with Crippen molar-refractivity contribution in [2.45, 2.75) is 27.3 Å². The number of ether oxygens (including phenoxy) is 1. The maximum Gasteiger partial charge on any atom is 0.123 e. The monoisotopic (exact) mass is 290 g/mol. The molecule has 0 saturated carbocycles. The summed E-state index contributed by atoms with van der Waals surface area (Å²) in [5, 5.41) is 4.38. The molecule has 3 nitrogen and oxygen atoms in total. The van der Waals surface area contributed by atoms with Crippen molar-refractivity contribution in [2.75, 3.05) is 13.2 Å². The smallest absolute Gasteiger partial charge is 0.123 e. The van der Waals surface area contributed by atoms with E-state index in [1.165, 1.54) is 4.88 Å². The zero-order chi connectivity index (χ0) is 14.4. The molecule has 0 aliphatic rings. The van der Waals surface area contributed by atoms with Crippen LogP contribution in [-0.4, -0.2) is 18.1 Å². The van der Waals surface area contributed by atoms with Gasteiger partial charge < -0.3 is 10.1 Å². The lowest BCUT2D eigenvalue weighted by molar-refractivity contribution is 0.271. The summed E-state index contributed by atoms with van der Waals surface area (Å²) in [5.41, 5.74) is 1.15. The maximum absolute atomic E-state index is 5.69. The van der Waals surface area contributed by atoms with Gasteiger partial charge in [-0.25, -0.2) is 4.98 Å². The third-order valence-corrected chi connectivity index (χ3v) is 3.83. The predicted molar refractivity (Wildman–Crippen MR) is 85.3 cm³/mol. The van der Waals surface area contributed by atoms with E-state index in [0.717, 1.165) is 36.0 Å². The third-order valence-electron chi connectivity index (χ3n) is 2.79. The number of benzene rings is 1. The van der Waals surface area contributed by atoms with Gasteiger partial charge in [0.25, 0.3) is 0 Å². The summed E-state index contributed by atoms with van der Waals surface area (Å²) >= 11 is 1.74. The van der Waals surface area contributed by atoms with Crippen LogP contribution in [0.25, 0.3) is 10.6 Å². The van der Waals surface area contributed by atoms with E-state index in [4.69, 9.17) is 4.74 Å². The first-order chi connectivity index (χ1) is 9.69. The molecule has 2 rings (SSSR count). The lowest BCUT2D eigenvalue weighted by Crippen LogP contribution is -2.10. The molecule has 1 N–H and O–H groups in total. The Bertz CT molecular complexity index is 520. The van der Waals surface area contributed by atoms with Gasteiger partial charge in [0.05, 0.1) is 6.61 Å². The second-order valence-electron chi connectivity index (χ2n) is 5.14. The Morgan fingerprint density at radius 2 is 2.00 bits per heavy atom. The summed E-state index contributed by atoms with van der Waals surface area (Å²) in [6.45, 7) is 9.03. The quantitative estimate of drug-likeness (QED) is 0.838. The summed E-state index contributed by atoms with van der Waals surface area (Å²) in [4.78, 5) is 5.75. The van der Waals surface area contributed by atoms with Crippen LogP contribution in [0.2, 0.25) is 0 Å². The SMILES string of the molecule is CCNCc1cnc(-c2ccc(OCC(C)C)cc2)s1. The molecule has 108 valence electrons. The Labute approximate surface area is 125 Å². The molecular weight excluding hydrogens is 268 g/mol. The number of nitrogens with one attached hydrogen (secondary N) is 1. The van der Waals surface area contributed by atoms with Gasteiger partial charge >= 0.3 is 0 Å². The van der Waals surface area contributed by atoms with Crippen molar-refractivity contribution < 1.29 is 4.74 Å². The first-order valence-electron chi connectivity index (χ1n) is 7.07. The molecule has 20 heavy (non-hydrogen) atoms. The number of nitrogens with zero attached hydrogens (tertiary/aromatic N) is 1. The van der Waals surface area contributed by atoms with Gasteiger partial charge in [-0.1, -0.05) is 20.8 Å². The third kappa shape index (κ3) is 4.32. The highest BCUT2D eigenvalue weighted by Crippen LogP contribution is 2.26. The molecule has 0 unspecified atom stereocenters. The molecule has 0 aliphatic heterocycles. The zero-order valence-corrected chi connectivity index (χ0v) is 13.2. The highest BCUT2D eigenvalue weighted by molar-refractivity contribution is 7.15. The highest BCUT2D eigenvalue weighted by Gasteiger charge is 2.05. The van der Waals surface area contributed by atoms with Crippen LogP contribution in [-0.2, 0) is 6.54 Å². The molecule has 1 heterocycles. The number of thiazole rings is 1. The second-order valence-corrected chi connectivity index (χ2v) is 6.26. The molecule has 1 aromatic carbocycles. The fraction of sp³-hybridized carbons (Fsp3) is 0.438. The highest BCUT2D eigenvalue weighted by atomic mass is 32.1. The number of aromatic nitrogens is 1. The Hall–Kier alpha value is -1.39. The van der Waals surface area contributed by atoms with Crippen molar-refractivity contribution in [1.82, 2.24) is 10.3 Å². The van der Waals surface area contributed by atoms with Crippen LogP contribution in [0.4, 0.5) is 0 Å². The van der Waals surface area contributed by atoms with E-state index >= 15 is 0 Å². The average Bonchev–Trinajstić information content (AvgIpc) is 2.92. The van der Waals surface area contributed by atoms with Gasteiger partial charge in [0.2, 0.25) is 0 Å². The fourth-order valence-corrected chi connectivity index (χ4v) is 2.61. The largest absolute Gasteiger partial charge is 0.493 e. The number of hydrogen-bond donors (Lipinski definition) is 1. The van der Waals surface area contributed by atoms with Crippen LogP contribution in [0.1, 0.15) is 25.6 Å². The molecule has 4 heteroatoms. The topological polar surface area (TPSA) is 34.2 Å². The van der Waals surface area contributed by atoms with E-state index in [9.17, 15) is 0 Å². The van der Waals surface area contributed by atoms with E-state index in [-0.39, 0.29) is 0 Å². The average molecular weight is 290 g/mol. The van der Waals surface area contributed by atoms with Gasteiger partial charge in [-0.15, -0.1) is 11.3 Å². The predicted octanol–water partition coefficient (Wildman–Crippen LogP) is 3.95. The molecule has 0 aliphatic carbocycles. The van der Waals surface area contributed by atoms with Crippen LogP contribution < -0.4 is 10.1 Å². The Morgan fingerprint density at radius 3 is 2.65 bits per heavy atom. The van der Waals surface area contributed by atoms with Crippen molar-refractivity contribution in [3.63, 3.8) is 0 Å². The van der Waals surface area contributed by atoms with Gasteiger partial charge in [0.1, 0.15) is 10.8 Å². The van der Waals surface area contributed by atoms with Crippen molar-refractivity contribution in [3.05, 3.63) is 35.3 Å². The molecule has 0 bridgehead atoms. The van der Waals surface area contributed by atoms with Crippen LogP contribution >= 0.6 is 11.3 Å². The van der Waals surface area contributed by atoms with Crippen molar-refractivity contribution in [1.29, 1.82) is 0 Å². The fourth-order valence-electron chi connectivity index (χ4n) is 1.73. The lowest BCUT2D eigenvalue weighted by Gasteiger charge is -2.08.